The molecule has 2 aromatic rings. The molecule has 0 heterocycles. The summed E-state index contributed by atoms with van der Waals surface area (Å²) in [5.74, 6) is -0.335. The Balaban J connectivity index is 1.94. The first-order chi connectivity index (χ1) is 12.7. The molecule has 1 amide bonds. The third-order valence-corrected chi connectivity index (χ3v) is 5.88. The van der Waals surface area contributed by atoms with Crippen LogP contribution in [0.2, 0.25) is 5.02 Å². The van der Waals surface area contributed by atoms with E-state index in [4.69, 9.17) is 11.6 Å². The maximum absolute atomic E-state index is 12.3. The van der Waals surface area contributed by atoms with Gasteiger partial charge in [-0.2, -0.15) is 0 Å². The number of rotatable bonds is 8. The van der Waals surface area contributed by atoms with Gasteiger partial charge in [0, 0.05) is 11.6 Å². The fourth-order valence-electron chi connectivity index (χ4n) is 2.67. The molecule has 0 atom stereocenters. The number of hydrogen-bond donors (Lipinski definition) is 1. The predicted molar refractivity (Wildman–Crippen MR) is 111 cm³/mol. The lowest BCUT2D eigenvalue weighted by molar-refractivity contribution is -0.119. The van der Waals surface area contributed by atoms with Crippen molar-refractivity contribution in [1.82, 2.24) is 5.32 Å². The molecule has 0 saturated carbocycles. The van der Waals surface area contributed by atoms with E-state index in [1.165, 1.54) is 0 Å². The highest BCUT2D eigenvalue weighted by atomic mass is 35.5. The van der Waals surface area contributed by atoms with Gasteiger partial charge in [-0.05, 0) is 61.6 Å². The molecule has 0 bridgehead atoms. The van der Waals surface area contributed by atoms with Crippen LogP contribution in [0.15, 0.2) is 42.5 Å². The van der Waals surface area contributed by atoms with Crippen molar-refractivity contribution in [3.63, 3.8) is 0 Å². The molecular formula is C20H25ClN2O3S. The standard InChI is InChI=1S/C20H25ClN2O3S/c1-15-10-11-18(13-16(15)2)23(27(3,25)26)14-20(24)22-12-6-8-17-7-4-5-9-19(17)21/h4-5,7,9-11,13H,6,8,12,14H2,1-3H3,(H,22,24). The Hall–Kier alpha value is -2.05. The van der Waals surface area contributed by atoms with Crippen LogP contribution in [0.25, 0.3) is 0 Å². The fraction of sp³-hybridized carbons (Fsp3) is 0.350. The lowest BCUT2D eigenvalue weighted by Gasteiger charge is -2.22. The highest BCUT2D eigenvalue weighted by Gasteiger charge is 2.21. The number of nitrogens with one attached hydrogen (secondary N) is 1. The Kier molecular flexibility index (Phi) is 7.27. The van der Waals surface area contributed by atoms with E-state index in [1.54, 1.807) is 12.1 Å². The second-order valence-corrected chi connectivity index (χ2v) is 8.90. The molecule has 27 heavy (non-hydrogen) atoms. The number of nitrogens with zero attached hydrogens (tertiary/aromatic N) is 1. The summed E-state index contributed by atoms with van der Waals surface area (Å²) in [6.07, 6.45) is 2.57. The lowest BCUT2D eigenvalue weighted by Crippen LogP contribution is -2.40. The number of amides is 1. The van der Waals surface area contributed by atoms with Crippen molar-refractivity contribution < 1.29 is 13.2 Å². The Morgan fingerprint density at radius 1 is 1.11 bits per heavy atom. The van der Waals surface area contributed by atoms with Gasteiger partial charge < -0.3 is 5.32 Å². The van der Waals surface area contributed by atoms with Gasteiger partial charge in [0.2, 0.25) is 15.9 Å². The van der Waals surface area contributed by atoms with Crippen LogP contribution in [0.4, 0.5) is 5.69 Å². The summed E-state index contributed by atoms with van der Waals surface area (Å²) < 4.78 is 25.4. The molecule has 0 radical (unpaired) electrons. The number of halogens is 1. The molecule has 0 saturated heterocycles. The number of carbonyl (C=O) groups excluding carboxylic acids is 1. The smallest absolute Gasteiger partial charge is 0.240 e. The van der Waals surface area contributed by atoms with Gasteiger partial charge in [0.15, 0.2) is 0 Å². The van der Waals surface area contributed by atoms with Gasteiger partial charge in [-0.25, -0.2) is 8.42 Å². The average Bonchev–Trinajstić information content (AvgIpc) is 2.59. The molecule has 0 unspecified atom stereocenters. The molecule has 7 heteroatoms. The number of aryl methyl sites for hydroxylation is 3. The summed E-state index contributed by atoms with van der Waals surface area (Å²) in [5.41, 5.74) is 3.56. The Labute approximate surface area is 166 Å². The Morgan fingerprint density at radius 3 is 2.44 bits per heavy atom. The zero-order valence-corrected chi connectivity index (χ0v) is 17.4. The van der Waals surface area contributed by atoms with E-state index in [2.05, 4.69) is 5.32 Å². The molecule has 0 aromatic heterocycles. The largest absolute Gasteiger partial charge is 0.355 e. The topological polar surface area (TPSA) is 66.5 Å². The molecule has 0 spiro atoms. The minimum Gasteiger partial charge on any atom is -0.355 e. The molecule has 2 aromatic carbocycles. The molecule has 0 aliphatic heterocycles. The molecule has 146 valence electrons. The minimum absolute atomic E-state index is 0.243. The van der Waals surface area contributed by atoms with E-state index in [0.29, 0.717) is 17.3 Å². The van der Waals surface area contributed by atoms with Gasteiger partial charge in [-0.15, -0.1) is 0 Å². The zero-order chi connectivity index (χ0) is 20.0. The van der Waals surface area contributed by atoms with Crippen LogP contribution in [0.3, 0.4) is 0 Å². The van der Waals surface area contributed by atoms with Crippen LogP contribution >= 0.6 is 11.6 Å². The van der Waals surface area contributed by atoms with Gasteiger partial charge in [0.1, 0.15) is 6.54 Å². The third kappa shape index (κ3) is 6.26. The molecule has 1 N–H and O–H groups in total. The van der Waals surface area contributed by atoms with Crippen molar-refractivity contribution in [3.8, 4) is 0 Å². The van der Waals surface area contributed by atoms with Gasteiger partial charge in [-0.3, -0.25) is 9.10 Å². The first-order valence-electron chi connectivity index (χ1n) is 8.73. The normalized spacial score (nSPS) is 11.3. The van der Waals surface area contributed by atoms with Crippen molar-refractivity contribution in [2.75, 3.05) is 23.7 Å². The van der Waals surface area contributed by atoms with E-state index in [9.17, 15) is 13.2 Å². The van der Waals surface area contributed by atoms with E-state index < -0.39 is 10.0 Å². The molecule has 5 nitrogen and oxygen atoms in total. The van der Waals surface area contributed by atoms with Crippen LogP contribution in [0, 0.1) is 13.8 Å². The van der Waals surface area contributed by atoms with Gasteiger partial charge in [0.05, 0.1) is 11.9 Å². The van der Waals surface area contributed by atoms with E-state index in [0.717, 1.165) is 40.1 Å². The summed E-state index contributed by atoms with van der Waals surface area (Å²) >= 11 is 6.12. The number of hydrogen-bond acceptors (Lipinski definition) is 3. The number of benzene rings is 2. The molecule has 2 rings (SSSR count). The van der Waals surface area contributed by atoms with Crippen molar-refractivity contribution in [3.05, 3.63) is 64.2 Å². The van der Waals surface area contributed by atoms with Crippen LogP contribution in [-0.2, 0) is 21.2 Å². The van der Waals surface area contributed by atoms with Crippen LogP contribution in [-0.4, -0.2) is 33.7 Å². The quantitative estimate of drug-likeness (QED) is 0.680. The van der Waals surface area contributed by atoms with Crippen molar-refractivity contribution >= 4 is 33.2 Å². The molecule has 0 fully saturated rings. The minimum atomic E-state index is -3.57. The monoisotopic (exact) mass is 408 g/mol. The van der Waals surface area contributed by atoms with Crippen molar-refractivity contribution in [2.45, 2.75) is 26.7 Å². The Morgan fingerprint density at radius 2 is 1.81 bits per heavy atom. The van der Waals surface area contributed by atoms with Gasteiger partial charge in [0.25, 0.3) is 0 Å². The zero-order valence-electron chi connectivity index (χ0n) is 15.8. The Bertz CT molecular complexity index is 913. The number of anilines is 1. The van der Waals surface area contributed by atoms with Gasteiger partial charge >= 0.3 is 0 Å². The first kappa shape index (κ1) is 21.3. The SMILES string of the molecule is Cc1ccc(N(CC(=O)NCCCc2ccccc2Cl)S(C)(=O)=O)cc1C. The number of sulfonamides is 1. The third-order valence-electron chi connectivity index (χ3n) is 4.37. The second-order valence-electron chi connectivity index (χ2n) is 6.58. The van der Waals surface area contributed by atoms with Crippen molar-refractivity contribution in [1.29, 1.82) is 0 Å². The second kappa shape index (κ2) is 9.24. The summed E-state index contributed by atoms with van der Waals surface area (Å²) in [5, 5.41) is 3.49. The summed E-state index contributed by atoms with van der Waals surface area (Å²) in [4.78, 5) is 12.3. The van der Waals surface area contributed by atoms with E-state index >= 15 is 0 Å². The average molecular weight is 409 g/mol. The fourth-order valence-corrected chi connectivity index (χ4v) is 3.75. The van der Waals surface area contributed by atoms with Gasteiger partial charge in [-0.1, -0.05) is 35.9 Å². The maximum atomic E-state index is 12.3. The molecule has 0 aliphatic carbocycles. The highest BCUT2D eigenvalue weighted by Crippen LogP contribution is 2.21. The summed E-state index contributed by atoms with van der Waals surface area (Å²) in [6.45, 7) is 4.08. The molecular weight excluding hydrogens is 384 g/mol. The van der Waals surface area contributed by atoms with Crippen LogP contribution < -0.4 is 9.62 Å². The van der Waals surface area contributed by atoms with Crippen LogP contribution in [0.5, 0.6) is 0 Å². The predicted octanol–water partition coefficient (Wildman–Crippen LogP) is 3.47. The summed E-state index contributed by atoms with van der Waals surface area (Å²) in [6, 6.07) is 12.9. The van der Waals surface area contributed by atoms with E-state index in [1.807, 2.05) is 44.2 Å². The molecule has 0 aliphatic rings. The highest BCUT2D eigenvalue weighted by molar-refractivity contribution is 7.92. The van der Waals surface area contributed by atoms with Crippen molar-refractivity contribution in [2.24, 2.45) is 0 Å². The maximum Gasteiger partial charge on any atom is 0.240 e. The lowest BCUT2D eigenvalue weighted by atomic mass is 10.1. The number of carbonyl (C=O) groups is 1. The summed E-state index contributed by atoms with van der Waals surface area (Å²) in [7, 11) is -3.57. The van der Waals surface area contributed by atoms with Crippen LogP contribution in [0.1, 0.15) is 23.1 Å². The first-order valence-corrected chi connectivity index (χ1v) is 11.0. The van der Waals surface area contributed by atoms with E-state index in [-0.39, 0.29) is 12.5 Å².